The maximum absolute atomic E-state index is 5.95. The summed E-state index contributed by atoms with van der Waals surface area (Å²) in [5.41, 5.74) is 7.44. The maximum atomic E-state index is 5.95. The van der Waals surface area contributed by atoms with E-state index < -0.39 is 0 Å². The number of furan rings is 1. The molecular formula is C13H9ClN6OS. The molecule has 2 N–H and O–H groups in total. The van der Waals surface area contributed by atoms with Gasteiger partial charge in [0.2, 0.25) is 5.95 Å². The van der Waals surface area contributed by atoms with Crippen LogP contribution >= 0.6 is 22.9 Å². The van der Waals surface area contributed by atoms with Gasteiger partial charge in [0, 0.05) is 4.88 Å². The van der Waals surface area contributed by atoms with Gasteiger partial charge >= 0.3 is 0 Å². The molecule has 0 aromatic carbocycles. The second-order valence-corrected chi connectivity index (χ2v) is 6.33. The summed E-state index contributed by atoms with van der Waals surface area (Å²) in [4.78, 5) is 9.50. The summed E-state index contributed by atoms with van der Waals surface area (Å²) in [5.74, 6) is 0.719. The third-order valence-corrected chi connectivity index (χ3v) is 4.29. The highest BCUT2D eigenvalue weighted by molar-refractivity contribution is 7.16. The van der Waals surface area contributed by atoms with E-state index in [0.29, 0.717) is 29.2 Å². The molecule has 4 aromatic rings. The first-order chi connectivity index (χ1) is 10.7. The number of nitrogens with two attached hydrogens (primary N) is 1. The standard InChI is InChI=1S/C13H9ClN6OS/c14-9-4-3-7(22-9)6-20-12-11(18-19-20)10(16-13(15)17-12)8-2-1-5-21-8/h1-5H,6H2,(H2,15,16,17). The Labute approximate surface area is 133 Å². The van der Waals surface area contributed by atoms with Gasteiger partial charge in [-0.2, -0.15) is 4.98 Å². The number of aromatic nitrogens is 5. The van der Waals surface area contributed by atoms with Crippen molar-refractivity contribution in [3.63, 3.8) is 0 Å². The molecule has 9 heteroatoms. The van der Waals surface area contributed by atoms with Crippen LogP contribution in [0.2, 0.25) is 4.34 Å². The molecule has 0 aliphatic rings. The van der Waals surface area contributed by atoms with E-state index >= 15 is 0 Å². The maximum Gasteiger partial charge on any atom is 0.222 e. The summed E-state index contributed by atoms with van der Waals surface area (Å²) in [6, 6.07) is 7.35. The van der Waals surface area contributed by atoms with Crippen molar-refractivity contribution in [3.8, 4) is 11.5 Å². The molecular weight excluding hydrogens is 324 g/mol. The first-order valence-corrected chi connectivity index (χ1v) is 7.55. The lowest BCUT2D eigenvalue weighted by molar-refractivity contribution is 0.580. The fourth-order valence-corrected chi connectivity index (χ4v) is 3.22. The molecule has 22 heavy (non-hydrogen) atoms. The van der Waals surface area contributed by atoms with Crippen molar-refractivity contribution in [1.29, 1.82) is 0 Å². The minimum Gasteiger partial charge on any atom is -0.463 e. The van der Waals surface area contributed by atoms with E-state index in [1.165, 1.54) is 11.3 Å². The van der Waals surface area contributed by atoms with E-state index in [-0.39, 0.29) is 5.95 Å². The number of fused-ring (bicyclic) bond motifs is 1. The van der Waals surface area contributed by atoms with E-state index in [9.17, 15) is 0 Å². The van der Waals surface area contributed by atoms with Crippen LogP contribution in [0.5, 0.6) is 0 Å². The second kappa shape index (κ2) is 5.08. The van der Waals surface area contributed by atoms with Crippen LogP contribution < -0.4 is 5.73 Å². The van der Waals surface area contributed by atoms with Crippen LogP contribution in [0, 0.1) is 0 Å². The van der Waals surface area contributed by atoms with Crippen molar-refractivity contribution in [2.75, 3.05) is 5.73 Å². The van der Waals surface area contributed by atoms with Crippen molar-refractivity contribution in [1.82, 2.24) is 25.0 Å². The number of hydrogen-bond acceptors (Lipinski definition) is 7. The summed E-state index contributed by atoms with van der Waals surface area (Å²) < 4.78 is 7.77. The molecule has 0 saturated heterocycles. The molecule has 7 nitrogen and oxygen atoms in total. The van der Waals surface area contributed by atoms with E-state index in [0.717, 1.165) is 9.21 Å². The van der Waals surface area contributed by atoms with Crippen LogP contribution in [-0.4, -0.2) is 25.0 Å². The van der Waals surface area contributed by atoms with Gasteiger partial charge in [0.1, 0.15) is 5.69 Å². The largest absolute Gasteiger partial charge is 0.463 e. The van der Waals surface area contributed by atoms with Crippen LogP contribution in [0.1, 0.15) is 4.88 Å². The number of nitrogens with zero attached hydrogens (tertiary/aromatic N) is 5. The molecule has 0 fully saturated rings. The van der Waals surface area contributed by atoms with Crippen molar-refractivity contribution in [2.45, 2.75) is 6.54 Å². The third-order valence-electron chi connectivity index (χ3n) is 3.07. The Morgan fingerprint density at radius 2 is 2.18 bits per heavy atom. The van der Waals surface area contributed by atoms with Gasteiger partial charge in [-0.25, -0.2) is 9.67 Å². The molecule has 4 heterocycles. The monoisotopic (exact) mass is 332 g/mol. The molecule has 0 amide bonds. The van der Waals surface area contributed by atoms with Crippen molar-refractivity contribution in [2.24, 2.45) is 0 Å². The number of anilines is 1. The molecule has 4 rings (SSSR count). The van der Waals surface area contributed by atoms with Gasteiger partial charge in [-0.05, 0) is 24.3 Å². The summed E-state index contributed by atoms with van der Waals surface area (Å²) in [6.07, 6.45) is 1.57. The molecule has 0 spiro atoms. The van der Waals surface area contributed by atoms with E-state index in [1.807, 2.05) is 12.1 Å². The molecule has 4 aromatic heterocycles. The van der Waals surface area contributed by atoms with Crippen LogP contribution in [0.15, 0.2) is 34.9 Å². The van der Waals surface area contributed by atoms with Crippen LogP contribution in [0.25, 0.3) is 22.6 Å². The first kappa shape index (κ1) is 13.2. The lowest BCUT2D eigenvalue weighted by Gasteiger charge is -2.02. The zero-order valence-corrected chi connectivity index (χ0v) is 12.7. The van der Waals surface area contributed by atoms with Crippen molar-refractivity contribution in [3.05, 3.63) is 39.7 Å². The minimum absolute atomic E-state index is 0.145. The van der Waals surface area contributed by atoms with Gasteiger partial charge in [-0.1, -0.05) is 16.8 Å². The van der Waals surface area contributed by atoms with Gasteiger partial charge in [0.25, 0.3) is 0 Å². The Morgan fingerprint density at radius 1 is 1.27 bits per heavy atom. The topological polar surface area (TPSA) is 95.6 Å². The fourth-order valence-electron chi connectivity index (χ4n) is 2.15. The zero-order valence-electron chi connectivity index (χ0n) is 11.1. The third kappa shape index (κ3) is 2.22. The molecule has 0 aliphatic heterocycles. The van der Waals surface area contributed by atoms with E-state index in [1.54, 1.807) is 23.1 Å². The molecule has 0 radical (unpaired) electrons. The number of rotatable bonds is 3. The highest BCUT2D eigenvalue weighted by Crippen LogP contribution is 2.27. The van der Waals surface area contributed by atoms with Crippen LogP contribution in [0.3, 0.4) is 0 Å². The molecule has 0 atom stereocenters. The zero-order chi connectivity index (χ0) is 15.1. The molecule has 0 unspecified atom stereocenters. The Hall–Kier alpha value is -2.45. The summed E-state index contributed by atoms with van der Waals surface area (Å²) in [6.45, 7) is 0.516. The number of nitrogen functional groups attached to an aromatic ring is 1. The molecule has 0 saturated carbocycles. The Balaban J connectivity index is 1.85. The first-order valence-electron chi connectivity index (χ1n) is 6.35. The quantitative estimate of drug-likeness (QED) is 0.619. The van der Waals surface area contributed by atoms with Gasteiger partial charge in [-0.3, -0.25) is 0 Å². The van der Waals surface area contributed by atoms with Crippen molar-refractivity contribution >= 4 is 40.0 Å². The second-order valence-electron chi connectivity index (χ2n) is 4.53. The highest BCUT2D eigenvalue weighted by Gasteiger charge is 2.17. The molecule has 0 bridgehead atoms. The SMILES string of the molecule is Nc1nc(-c2ccco2)c2nnn(Cc3ccc(Cl)s3)c2n1. The molecule has 110 valence electrons. The summed E-state index contributed by atoms with van der Waals surface area (Å²) >= 11 is 7.44. The average Bonchev–Trinajstić information content (AvgIpc) is 3.21. The smallest absolute Gasteiger partial charge is 0.222 e. The van der Waals surface area contributed by atoms with Crippen LogP contribution in [-0.2, 0) is 6.54 Å². The predicted octanol–water partition coefficient (Wildman–Crippen LogP) is 2.83. The minimum atomic E-state index is 0.145. The lowest BCUT2D eigenvalue weighted by atomic mass is 10.3. The number of thiophene rings is 1. The molecule has 0 aliphatic carbocycles. The average molecular weight is 333 g/mol. The summed E-state index contributed by atoms with van der Waals surface area (Å²) in [7, 11) is 0. The summed E-state index contributed by atoms with van der Waals surface area (Å²) in [5, 5.41) is 8.30. The van der Waals surface area contributed by atoms with Crippen LogP contribution in [0.4, 0.5) is 5.95 Å². The Bertz CT molecular complexity index is 945. The van der Waals surface area contributed by atoms with Gasteiger partial charge in [-0.15, -0.1) is 16.4 Å². The van der Waals surface area contributed by atoms with Gasteiger partial charge in [0.05, 0.1) is 17.1 Å². The van der Waals surface area contributed by atoms with Crippen molar-refractivity contribution < 1.29 is 4.42 Å². The predicted molar refractivity (Wildman–Crippen MR) is 83.7 cm³/mol. The van der Waals surface area contributed by atoms with Gasteiger partial charge < -0.3 is 10.2 Å². The normalized spacial score (nSPS) is 11.3. The number of hydrogen-bond donors (Lipinski definition) is 1. The van der Waals surface area contributed by atoms with E-state index in [4.69, 9.17) is 21.8 Å². The van der Waals surface area contributed by atoms with Gasteiger partial charge in [0.15, 0.2) is 16.9 Å². The Morgan fingerprint density at radius 3 is 2.91 bits per heavy atom. The van der Waals surface area contributed by atoms with E-state index in [2.05, 4.69) is 20.3 Å². The Kier molecular flexibility index (Phi) is 3.05. The fraction of sp³-hybridized carbons (Fsp3) is 0.0769. The highest BCUT2D eigenvalue weighted by atomic mass is 35.5. The number of halogens is 1. The lowest BCUT2D eigenvalue weighted by Crippen LogP contribution is -2.04.